The summed E-state index contributed by atoms with van der Waals surface area (Å²) >= 11 is 0. The molecule has 0 unspecified atom stereocenters. The van der Waals surface area contributed by atoms with Crippen LogP contribution in [0.25, 0.3) is 0 Å². The second kappa shape index (κ2) is 8.47. The quantitative estimate of drug-likeness (QED) is 0.833. The van der Waals surface area contributed by atoms with Gasteiger partial charge >= 0.3 is 0 Å². The fourth-order valence-corrected chi connectivity index (χ4v) is 3.00. The number of ether oxygens (including phenoxy) is 1. The third-order valence-electron chi connectivity index (χ3n) is 4.39. The van der Waals surface area contributed by atoms with Crippen LogP contribution >= 0.6 is 0 Å². The second-order valence-corrected chi connectivity index (χ2v) is 6.36. The van der Waals surface area contributed by atoms with Crippen molar-refractivity contribution in [3.63, 3.8) is 0 Å². The summed E-state index contributed by atoms with van der Waals surface area (Å²) in [4.78, 5) is 11.1. The zero-order valence-corrected chi connectivity index (χ0v) is 14.5. The van der Waals surface area contributed by atoms with E-state index in [1.165, 1.54) is 11.6 Å². The molecular formula is C19H24FN3O2. The number of benzene rings is 1. The van der Waals surface area contributed by atoms with E-state index >= 15 is 0 Å². The van der Waals surface area contributed by atoms with E-state index in [1.54, 1.807) is 18.2 Å². The van der Waals surface area contributed by atoms with Gasteiger partial charge in [-0.1, -0.05) is 25.1 Å². The van der Waals surface area contributed by atoms with Crippen LogP contribution in [-0.2, 0) is 30.7 Å². The molecule has 1 aliphatic heterocycles. The van der Waals surface area contributed by atoms with E-state index in [1.807, 2.05) is 13.1 Å². The number of hydrogen-bond donors (Lipinski definition) is 1. The number of aliphatic hydroxyl groups is 1. The molecule has 6 heteroatoms. The summed E-state index contributed by atoms with van der Waals surface area (Å²) in [5, 5.41) is 10.2. The van der Waals surface area contributed by atoms with Gasteiger partial charge in [0.2, 0.25) is 0 Å². The van der Waals surface area contributed by atoms with Gasteiger partial charge in [-0.05, 0) is 18.1 Å². The molecule has 25 heavy (non-hydrogen) atoms. The van der Waals surface area contributed by atoms with Gasteiger partial charge in [-0.15, -0.1) is 0 Å². The maximum absolute atomic E-state index is 13.5. The second-order valence-electron chi connectivity index (χ2n) is 6.36. The highest BCUT2D eigenvalue weighted by Gasteiger charge is 2.20. The van der Waals surface area contributed by atoms with Gasteiger partial charge in [0.1, 0.15) is 11.6 Å². The molecule has 0 bridgehead atoms. The van der Waals surface area contributed by atoms with Gasteiger partial charge in [0.05, 0.1) is 25.0 Å². The topological polar surface area (TPSA) is 58.5 Å². The number of hydrogen-bond acceptors (Lipinski definition) is 5. The van der Waals surface area contributed by atoms with E-state index < -0.39 is 6.10 Å². The number of aryl methyl sites for hydroxylation is 1. The van der Waals surface area contributed by atoms with Gasteiger partial charge in [-0.2, -0.15) is 0 Å². The van der Waals surface area contributed by atoms with Gasteiger partial charge in [0, 0.05) is 37.8 Å². The summed E-state index contributed by atoms with van der Waals surface area (Å²) < 4.78 is 19.0. The number of β-amino-alcohol motifs (C(OH)–C–C–N with tert-alkyl or cyclic N) is 1. The molecule has 0 radical (unpaired) electrons. The summed E-state index contributed by atoms with van der Waals surface area (Å²) in [7, 11) is 0. The number of nitrogens with zero attached hydrogens (tertiary/aromatic N) is 3. The Morgan fingerprint density at radius 1 is 1.36 bits per heavy atom. The molecule has 0 saturated heterocycles. The Balaban J connectivity index is 1.47. The van der Waals surface area contributed by atoms with Crippen LogP contribution in [0.15, 0.2) is 30.5 Å². The lowest BCUT2D eigenvalue weighted by molar-refractivity contribution is 0.00674. The van der Waals surface area contributed by atoms with E-state index in [-0.39, 0.29) is 19.0 Å². The van der Waals surface area contributed by atoms with Crippen LogP contribution in [0, 0.1) is 5.82 Å². The fraction of sp³-hybridized carbons (Fsp3) is 0.474. The first-order chi connectivity index (χ1) is 12.2. The minimum Gasteiger partial charge on any atom is -0.389 e. The standard InChI is InChI=1S/C19H24FN3O2/c1-2-19-21-9-14-7-8-23(11-18(14)22-19)10-16(24)13-25-12-15-5-3-4-6-17(15)20/h3-6,9,16,24H,2,7-8,10-13H2,1H3/t16-/m0/s1. The first-order valence-corrected chi connectivity index (χ1v) is 8.71. The third kappa shape index (κ3) is 4.81. The number of fused-ring (bicyclic) bond motifs is 1. The minimum atomic E-state index is -0.610. The normalized spacial score (nSPS) is 15.8. The van der Waals surface area contributed by atoms with Crippen LogP contribution in [0.4, 0.5) is 4.39 Å². The van der Waals surface area contributed by atoms with Crippen LogP contribution in [0.1, 0.15) is 29.6 Å². The first-order valence-electron chi connectivity index (χ1n) is 8.71. The van der Waals surface area contributed by atoms with Crippen molar-refractivity contribution < 1.29 is 14.2 Å². The zero-order chi connectivity index (χ0) is 17.6. The highest BCUT2D eigenvalue weighted by Crippen LogP contribution is 2.17. The largest absolute Gasteiger partial charge is 0.389 e. The molecule has 1 atom stereocenters. The molecule has 0 amide bonds. The molecule has 2 heterocycles. The van der Waals surface area contributed by atoms with Crippen molar-refractivity contribution in [1.82, 2.24) is 14.9 Å². The van der Waals surface area contributed by atoms with Crippen LogP contribution in [0.3, 0.4) is 0 Å². The molecule has 134 valence electrons. The van der Waals surface area contributed by atoms with Crippen molar-refractivity contribution in [2.24, 2.45) is 0 Å². The zero-order valence-electron chi connectivity index (χ0n) is 14.5. The monoisotopic (exact) mass is 345 g/mol. The van der Waals surface area contributed by atoms with E-state index in [0.717, 1.165) is 37.4 Å². The molecule has 1 N–H and O–H groups in total. The summed E-state index contributed by atoms with van der Waals surface area (Å²) in [6.07, 6.45) is 3.02. The smallest absolute Gasteiger partial charge is 0.128 e. The molecule has 1 aromatic carbocycles. The molecule has 0 spiro atoms. The van der Waals surface area contributed by atoms with Gasteiger partial charge in [-0.25, -0.2) is 14.4 Å². The van der Waals surface area contributed by atoms with Crippen LogP contribution in [0.5, 0.6) is 0 Å². The lowest BCUT2D eigenvalue weighted by atomic mass is 10.1. The number of halogens is 1. The number of aromatic nitrogens is 2. The molecule has 1 aromatic heterocycles. The van der Waals surface area contributed by atoms with E-state index in [0.29, 0.717) is 12.1 Å². The lowest BCUT2D eigenvalue weighted by Crippen LogP contribution is -2.38. The predicted molar refractivity (Wildman–Crippen MR) is 92.5 cm³/mol. The molecular weight excluding hydrogens is 321 g/mol. The molecule has 5 nitrogen and oxygen atoms in total. The first kappa shape index (κ1) is 17.9. The Kier molecular flexibility index (Phi) is 6.07. The predicted octanol–water partition coefficient (Wildman–Crippen LogP) is 2.11. The molecule has 2 aromatic rings. The lowest BCUT2D eigenvalue weighted by Gasteiger charge is -2.29. The molecule has 3 rings (SSSR count). The van der Waals surface area contributed by atoms with Crippen molar-refractivity contribution in [1.29, 1.82) is 0 Å². The van der Waals surface area contributed by atoms with Crippen molar-refractivity contribution >= 4 is 0 Å². The average Bonchev–Trinajstić information content (AvgIpc) is 2.62. The highest BCUT2D eigenvalue weighted by atomic mass is 19.1. The van der Waals surface area contributed by atoms with Crippen LogP contribution in [0.2, 0.25) is 0 Å². The van der Waals surface area contributed by atoms with Crippen molar-refractivity contribution in [2.45, 2.75) is 39.0 Å². The van der Waals surface area contributed by atoms with Gasteiger partial charge in [0.25, 0.3) is 0 Å². The summed E-state index contributed by atoms with van der Waals surface area (Å²) in [6.45, 7) is 4.49. The highest BCUT2D eigenvalue weighted by molar-refractivity contribution is 5.20. The molecule has 0 fully saturated rings. The van der Waals surface area contributed by atoms with Crippen molar-refractivity contribution in [3.05, 3.63) is 58.9 Å². The third-order valence-corrected chi connectivity index (χ3v) is 4.39. The Hall–Kier alpha value is -1.89. The maximum atomic E-state index is 13.5. The Labute approximate surface area is 147 Å². The summed E-state index contributed by atoms with van der Waals surface area (Å²) in [6, 6.07) is 6.52. The van der Waals surface area contributed by atoms with E-state index in [4.69, 9.17) is 4.74 Å². The fourth-order valence-electron chi connectivity index (χ4n) is 3.00. The van der Waals surface area contributed by atoms with Gasteiger partial charge in [-0.3, -0.25) is 4.90 Å². The van der Waals surface area contributed by atoms with Crippen LogP contribution < -0.4 is 0 Å². The SMILES string of the molecule is CCc1ncc2c(n1)CN(C[C@H](O)COCc1ccccc1F)CC2. The van der Waals surface area contributed by atoms with E-state index in [2.05, 4.69) is 14.9 Å². The van der Waals surface area contributed by atoms with Crippen molar-refractivity contribution in [3.8, 4) is 0 Å². The maximum Gasteiger partial charge on any atom is 0.128 e. The number of rotatable bonds is 7. The minimum absolute atomic E-state index is 0.166. The number of aliphatic hydroxyl groups excluding tert-OH is 1. The van der Waals surface area contributed by atoms with Gasteiger partial charge < -0.3 is 9.84 Å². The Morgan fingerprint density at radius 2 is 2.20 bits per heavy atom. The van der Waals surface area contributed by atoms with Crippen LogP contribution in [-0.4, -0.2) is 45.8 Å². The molecule has 1 aliphatic rings. The summed E-state index contributed by atoms with van der Waals surface area (Å²) in [5.74, 6) is 0.574. The van der Waals surface area contributed by atoms with E-state index in [9.17, 15) is 9.50 Å². The van der Waals surface area contributed by atoms with Crippen molar-refractivity contribution in [2.75, 3.05) is 19.7 Å². The summed E-state index contributed by atoms with van der Waals surface area (Å²) in [5.41, 5.74) is 2.75. The van der Waals surface area contributed by atoms with Gasteiger partial charge in [0.15, 0.2) is 0 Å². The molecule has 0 aliphatic carbocycles. The average molecular weight is 345 g/mol. The molecule has 0 saturated carbocycles. The Bertz CT molecular complexity index is 711. The Morgan fingerprint density at radius 3 is 3.00 bits per heavy atom.